The van der Waals surface area contributed by atoms with Crippen molar-refractivity contribution in [3.8, 4) is 0 Å². The molecular weight excluding hydrogens is 507 g/mol. The normalized spacial score (nSPS) is 18.7. The molecule has 0 aromatic carbocycles. The van der Waals surface area contributed by atoms with Gasteiger partial charge in [0.1, 0.15) is 10.8 Å². The van der Waals surface area contributed by atoms with Gasteiger partial charge in [-0.15, -0.1) is 0 Å². The molecule has 3 aromatic rings. The molecule has 35 heavy (non-hydrogen) atoms. The summed E-state index contributed by atoms with van der Waals surface area (Å²) in [7, 11) is 0. The van der Waals surface area contributed by atoms with Gasteiger partial charge in [0.25, 0.3) is 0 Å². The molecule has 14 heteroatoms. The highest BCUT2D eigenvalue weighted by Gasteiger charge is 2.47. The molecule has 2 aliphatic heterocycles. The number of carboxylic acid groups (broad SMARTS) is 1. The van der Waals surface area contributed by atoms with Gasteiger partial charge in [0, 0.05) is 48.5 Å². The largest absolute Gasteiger partial charge is 0.490 e. The molecule has 0 saturated carbocycles. The lowest BCUT2D eigenvalue weighted by Gasteiger charge is -2.41. The number of anilines is 1. The third-order valence-electron chi connectivity index (χ3n) is 6.08. The van der Waals surface area contributed by atoms with Gasteiger partial charge >= 0.3 is 12.1 Å². The summed E-state index contributed by atoms with van der Waals surface area (Å²) < 4.78 is 33.8. The van der Waals surface area contributed by atoms with Crippen molar-refractivity contribution in [2.75, 3.05) is 18.0 Å². The van der Waals surface area contributed by atoms with E-state index >= 15 is 0 Å². The van der Waals surface area contributed by atoms with Crippen molar-refractivity contribution in [3.05, 3.63) is 53.8 Å². The van der Waals surface area contributed by atoms with Crippen molar-refractivity contribution in [2.45, 2.75) is 41.5 Å². The van der Waals surface area contributed by atoms with E-state index in [-0.39, 0.29) is 11.5 Å². The summed E-state index contributed by atoms with van der Waals surface area (Å²) in [6.07, 6.45) is 5.82. The number of hydrogen-bond donors (Lipinski definition) is 2. The second-order valence-electron chi connectivity index (χ2n) is 8.16. The molecule has 0 unspecified atom stereocenters. The standard InChI is InChI=1S/C19H20ClN7S.C2HF3O2/c20-13-9-22-5-2-15(13)28-17-11-23-16(10-24-17)26-7-3-19(4-8-26)12-27-14(18(19)21)1-6-25-27;3-2(4,5)1(6)7/h1-2,5-6,9-11,18H,3-4,7-8,12,21H2;(H,6,7)/t18-;/m1./s1. The number of aliphatic carboxylic acids is 1. The molecule has 186 valence electrons. The average molecular weight is 528 g/mol. The molecule has 0 bridgehead atoms. The van der Waals surface area contributed by atoms with E-state index in [9.17, 15) is 13.2 Å². The molecule has 3 N–H and O–H groups in total. The number of rotatable bonds is 3. The minimum absolute atomic E-state index is 0.0621. The lowest BCUT2D eigenvalue weighted by molar-refractivity contribution is -0.192. The molecule has 0 amide bonds. The number of halogens is 4. The number of alkyl halides is 3. The number of pyridine rings is 1. The molecule has 2 aliphatic rings. The van der Waals surface area contributed by atoms with Crippen molar-refractivity contribution in [1.82, 2.24) is 24.7 Å². The van der Waals surface area contributed by atoms with Crippen LogP contribution in [-0.4, -0.2) is 55.1 Å². The molecule has 1 atom stereocenters. The minimum Gasteiger partial charge on any atom is -0.475 e. The molecule has 5 heterocycles. The van der Waals surface area contributed by atoms with Gasteiger partial charge in [-0.05, 0) is 25.0 Å². The Labute approximate surface area is 207 Å². The molecule has 5 rings (SSSR count). The predicted molar refractivity (Wildman–Crippen MR) is 122 cm³/mol. The van der Waals surface area contributed by atoms with Crippen LogP contribution in [0.5, 0.6) is 0 Å². The Hall–Kier alpha value is -2.90. The molecule has 1 fully saturated rings. The van der Waals surface area contributed by atoms with Crippen LogP contribution in [0.2, 0.25) is 5.02 Å². The minimum atomic E-state index is -5.08. The number of nitrogens with two attached hydrogens (primary N) is 1. The number of piperidine rings is 1. The first-order valence-corrected chi connectivity index (χ1v) is 11.7. The molecule has 3 aromatic heterocycles. The monoisotopic (exact) mass is 527 g/mol. The van der Waals surface area contributed by atoms with Crippen molar-refractivity contribution in [2.24, 2.45) is 11.1 Å². The average Bonchev–Trinajstić information content (AvgIpc) is 3.37. The summed E-state index contributed by atoms with van der Waals surface area (Å²) in [5, 5.41) is 13.0. The molecule has 1 saturated heterocycles. The van der Waals surface area contributed by atoms with Crippen molar-refractivity contribution in [3.63, 3.8) is 0 Å². The SMILES string of the molecule is N[C@@H]1c2ccnn2CC12CCN(c1cnc(Sc3ccncc3Cl)cn1)CC2.O=C(O)C(F)(F)F. The Balaban J connectivity index is 0.000000364. The molecule has 1 spiro atoms. The molecule has 0 radical (unpaired) electrons. The van der Waals surface area contributed by atoms with E-state index in [4.69, 9.17) is 27.2 Å². The summed E-state index contributed by atoms with van der Waals surface area (Å²) in [5.41, 5.74) is 7.83. The summed E-state index contributed by atoms with van der Waals surface area (Å²) in [5.74, 6) is -1.85. The van der Waals surface area contributed by atoms with E-state index in [1.165, 1.54) is 11.8 Å². The van der Waals surface area contributed by atoms with Crippen molar-refractivity contribution < 1.29 is 23.1 Å². The Bertz CT molecular complexity index is 1180. The van der Waals surface area contributed by atoms with E-state index in [1.807, 2.05) is 24.5 Å². The van der Waals surface area contributed by atoms with Crippen molar-refractivity contribution >= 4 is 35.1 Å². The zero-order valence-corrected chi connectivity index (χ0v) is 19.8. The molecule has 9 nitrogen and oxygen atoms in total. The number of carboxylic acids is 1. The first-order valence-electron chi connectivity index (χ1n) is 10.5. The number of nitrogens with zero attached hydrogens (tertiary/aromatic N) is 6. The highest BCUT2D eigenvalue weighted by Crippen LogP contribution is 2.47. The topological polar surface area (TPSA) is 123 Å². The highest BCUT2D eigenvalue weighted by molar-refractivity contribution is 7.99. The fourth-order valence-corrected chi connectivity index (χ4v) is 5.13. The Morgan fingerprint density at radius 1 is 1.17 bits per heavy atom. The van der Waals surface area contributed by atoms with Gasteiger partial charge in [-0.25, -0.2) is 14.8 Å². The lowest BCUT2D eigenvalue weighted by atomic mass is 9.73. The maximum Gasteiger partial charge on any atom is 0.490 e. The van der Waals surface area contributed by atoms with Crippen LogP contribution in [0.4, 0.5) is 19.0 Å². The maximum atomic E-state index is 10.6. The summed E-state index contributed by atoms with van der Waals surface area (Å²) in [6.45, 7) is 2.77. The predicted octanol–water partition coefficient (Wildman–Crippen LogP) is 3.81. The summed E-state index contributed by atoms with van der Waals surface area (Å²) in [4.78, 5) is 25.3. The Morgan fingerprint density at radius 3 is 2.46 bits per heavy atom. The van der Waals surface area contributed by atoms with Crippen LogP contribution in [0.3, 0.4) is 0 Å². The van der Waals surface area contributed by atoms with Crippen LogP contribution < -0.4 is 10.6 Å². The first-order chi connectivity index (χ1) is 16.6. The Kier molecular flexibility index (Phi) is 7.20. The van der Waals surface area contributed by atoms with Crippen LogP contribution in [0, 0.1) is 5.41 Å². The highest BCUT2D eigenvalue weighted by atomic mass is 35.5. The Morgan fingerprint density at radius 2 is 1.89 bits per heavy atom. The number of carbonyl (C=O) groups is 1. The van der Waals surface area contributed by atoms with Crippen LogP contribution in [-0.2, 0) is 11.3 Å². The maximum absolute atomic E-state index is 10.6. The van der Waals surface area contributed by atoms with Crippen LogP contribution in [0.15, 0.2) is 53.0 Å². The fourth-order valence-electron chi connectivity index (χ4n) is 4.18. The van der Waals surface area contributed by atoms with Gasteiger partial charge in [-0.3, -0.25) is 9.67 Å². The van der Waals surface area contributed by atoms with Gasteiger partial charge in [-0.1, -0.05) is 23.4 Å². The first kappa shape index (κ1) is 25.2. The zero-order valence-electron chi connectivity index (χ0n) is 18.2. The zero-order chi connectivity index (χ0) is 25.2. The van der Waals surface area contributed by atoms with Crippen LogP contribution in [0.25, 0.3) is 0 Å². The van der Waals surface area contributed by atoms with Gasteiger partial charge in [0.2, 0.25) is 0 Å². The quantitative estimate of drug-likeness (QED) is 0.523. The second kappa shape index (κ2) is 9.99. The molecule has 0 aliphatic carbocycles. The second-order valence-corrected chi connectivity index (χ2v) is 9.63. The van der Waals surface area contributed by atoms with Gasteiger partial charge in [0.15, 0.2) is 0 Å². The third kappa shape index (κ3) is 5.52. The third-order valence-corrected chi connectivity index (χ3v) is 7.49. The van der Waals surface area contributed by atoms with E-state index in [1.54, 1.807) is 18.6 Å². The molecular formula is C21H21ClF3N7O2S. The smallest absolute Gasteiger partial charge is 0.475 e. The van der Waals surface area contributed by atoms with E-state index in [2.05, 4.69) is 29.6 Å². The van der Waals surface area contributed by atoms with E-state index in [0.29, 0.717) is 5.02 Å². The number of hydrogen-bond acceptors (Lipinski definition) is 8. The summed E-state index contributed by atoms with van der Waals surface area (Å²) in [6, 6.07) is 3.98. The van der Waals surface area contributed by atoms with Crippen LogP contribution >= 0.6 is 23.4 Å². The van der Waals surface area contributed by atoms with Crippen LogP contribution in [0.1, 0.15) is 24.6 Å². The fraction of sp³-hybridized carbons (Fsp3) is 0.381. The van der Waals surface area contributed by atoms with E-state index < -0.39 is 12.1 Å². The van der Waals surface area contributed by atoms with Gasteiger partial charge in [-0.2, -0.15) is 18.3 Å². The number of aromatic nitrogens is 5. The van der Waals surface area contributed by atoms with Gasteiger partial charge < -0.3 is 15.7 Å². The summed E-state index contributed by atoms with van der Waals surface area (Å²) >= 11 is 7.66. The lowest BCUT2D eigenvalue weighted by Crippen LogP contribution is -2.45. The van der Waals surface area contributed by atoms with E-state index in [0.717, 1.165) is 53.9 Å². The van der Waals surface area contributed by atoms with Gasteiger partial charge in [0.05, 0.1) is 29.2 Å². The van der Waals surface area contributed by atoms with Crippen molar-refractivity contribution in [1.29, 1.82) is 0 Å². The number of fused-ring (bicyclic) bond motifs is 1.